The van der Waals surface area contributed by atoms with E-state index < -0.39 is 0 Å². The molecule has 16 heavy (non-hydrogen) atoms. The average molecular weight is 218 g/mol. The Kier molecular flexibility index (Phi) is 2.94. The highest BCUT2D eigenvalue weighted by atomic mass is 16.6. The van der Waals surface area contributed by atoms with Gasteiger partial charge in [0, 0.05) is 0 Å². The maximum atomic E-state index is 5.60. The van der Waals surface area contributed by atoms with E-state index in [9.17, 15) is 0 Å². The maximum absolute atomic E-state index is 5.60. The standard InChI is InChI=1S/C14H18O2/c1-3-11-5-2-6-14(11)12(4-1)7-8-15-9-13-10-16-13/h1,3-4,13H,2,5-10H2. The van der Waals surface area contributed by atoms with E-state index in [2.05, 4.69) is 18.2 Å². The number of hydrogen-bond donors (Lipinski definition) is 0. The summed E-state index contributed by atoms with van der Waals surface area (Å²) in [7, 11) is 0. The molecule has 1 atom stereocenters. The molecule has 1 aromatic rings. The number of hydrogen-bond acceptors (Lipinski definition) is 2. The van der Waals surface area contributed by atoms with Crippen LogP contribution < -0.4 is 0 Å². The van der Waals surface area contributed by atoms with Gasteiger partial charge in [0.25, 0.3) is 0 Å². The second kappa shape index (κ2) is 4.56. The molecular weight excluding hydrogens is 200 g/mol. The van der Waals surface area contributed by atoms with Crippen molar-refractivity contribution in [2.75, 3.05) is 19.8 Å². The molecule has 0 bridgehead atoms. The molecule has 1 fully saturated rings. The Morgan fingerprint density at radius 3 is 3.12 bits per heavy atom. The maximum Gasteiger partial charge on any atom is 0.104 e. The van der Waals surface area contributed by atoms with Gasteiger partial charge in [-0.1, -0.05) is 18.2 Å². The molecule has 3 rings (SSSR count). The van der Waals surface area contributed by atoms with Crippen molar-refractivity contribution in [2.24, 2.45) is 0 Å². The Morgan fingerprint density at radius 2 is 2.25 bits per heavy atom. The lowest BCUT2D eigenvalue weighted by atomic mass is 10.0. The fourth-order valence-corrected chi connectivity index (χ4v) is 2.49. The van der Waals surface area contributed by atoms with Crippen LogP contribution in [0, 0.1) is 0 Å². The smallest absolute Gasteiger partial charge is 0.104 e. The third kappa shape index (κ3) is 2.28. The fourth-order valence-electron chi connectivity index (χ4n) is 2.49. The van der Waals surface area contributed by atoms with Crippen molar-refractivity contribution in [3.8, 4) is 0 Å². The van der Waals surface area contributed by atoms with Gasteiger partial charge in [0.15, 0.2) is 0 Å². The zero-order valence-corrected chi connectivity index (χ0v) is 9.58. The summed E-state index contributed by atoms with van der Waals surface area (Å²) in [5.74, 6) is 0. The first-order valence-corrected chi connectivity index (χ1v) is 6.22. The molecule has 0 radical (unpaired) electrons. The molecule has 86 valence electrons. The van der Waals surface area contributed by atoms with Crippen LogP contribution in [0.3, 0.4) is 0 Å². The van der Waals surface area contributed by atoms with Gasteiger partial charge in [0.1, 0.15) is 6.10 Å². The summed E-state index contributed by atoms with van der Waals surface area (Å²) >= 11 is 0. The average Bonchev–Trinajstić information content (AvgIpc) is 3.00. The first-order chi connectivity index (χ1) is 7.93. The zero-order chi connectivity index (χ0) is 10.8. The molecule has 0 saturated carbocycles. The Labute approximate surface area is 96.6 Å². The molecular formula is C14H18O2. The van der Waals surface area contributed by atoms with Crippen molar-refractivity contribution >= 4 is 0 Å². The van der Waals surface area contributed by atoms with Gasteiger partial charge >= 0.3 is 0 Å². The van der Waals surface area contributed by atoms with Crippen LogP contribution in [0.15, 0.2) is 18.2 Å². The van der Waals surface area contributed by atoms with Crippen molar-refractivity contribution < 1.29 is 9.47 Å². The highest BCUT2D eigenvalue weighted by molar-refractivity contribution is 5.38. The van der Waals surface area contributed by atoms with E-state index in [1.807, 2.05) is 0 Å². The Morgan fingerprint density at radius 1 is 1.31 bits per heavy atom. The number of aryl methyl sites for hydroxylation is 1. The molecule has 0 spiro atoms. The Bertz CT molecular complexity index is 369. The molecule has 0 N–H and O–H groups in total. The van der Waals surface area contributed by atoms with Crippen molar-refractivity contribution in [3.05, 3.63) is 34.9 Å². The van der Waals surface area contributed by atoms with Crippen molar-refractivity contribution in [2.45, 2.75) is 31.8 Å². The van der Waals surface area contributed by atoms with E-state index in [0.717, 1.165) is 26.2 Å². The van der Waals surface area contributed by atoms with Gasteiger partial charge in [-0.25, -0.2) is 0 Å². The summed E-state index contributed by atoms with van der Waals surface area (Å²) in [5.41, 5.74) is 4.64. The molecule has 1 aliphatic heterocycles. The zero-order valence-electron chi connectivity index (χ0n) is 9.58. The largest absolute Gasteiger partial charge is 0.378 e. The number of rotatable bonds is 5. The van der Waals surface area contributed by atoms with Crippen LogP contribution in [0.5, 0.6) is 0 Å². The van der Waals surface area contributed by atoms with Gasteiger partial charge in [-0.15, -0.1) is 0 Å². The van der Waals surface area contributed by atoms with E-state index in [4.69, 9.17) is 9.47 Å². The highest BCUT2D eigenvalue weighted by Gasteiger charge is 2.22. The molecule has 1 unspecified atom stereocenters. The molecule has 2 aliphatic rings. The van der Waals surface area contributed by atoms with Crippen molar-refractivity contribution in [1.29, 1.82) is 0 Å². The minimum Gasteiger partial charge on any atom is -0.378 e. The summed E-state index contributed by atoms with van der Waals surface area (Å²) in [5, 5.41) is 0. The van der Waals surface area contributed by atoms with Crippen LogP contribution in [0.1, 0.15) is 23.1 Å². The summed E-state index contributed by atoms with van der Waals surface area (Å²) in [6, 6.07) is 6.70. The molecule has 1 aromatic carbocycles. The minimum atomic E-state index is 0.390. The van der Waals surface area contributed by atoms with Crippen LogP contribution in [0.4, 0.5) is 0 Å². The second-order valence-electron chi connectivity index (χ2n) is 4.69. The SMILES string of the molecule is c1cc2c(c(CCOCC3CO3)c1)CCC2. The normalized spacial score (nSPS) is 22.1. The van der Waals surface area contributed by atoms with E-state index in [0.29, 0.717) is 6.10 Å². The molecule has 1 heterocycles. The van der Waals surface area contributed by atoms with Gasteiger partial charge < -0.3 is 9.47 Å². The minimum absolute atomic E-state index is 0.390. The van der Waals surface area contributed by atoms with Crippen LogP contribution in [-0.2, 0) is 28.7 Å². The molecule has 2 nitrogen and oxygen atoms in total. The third-order valence-corrected chi connectivity index (χ3v) is 3.46. The lowest BCUT2D eigenvalue weighted by Crippen LogP contribution is -2.06. The van der Waals surface area contributed by atoms with Gasteiger partial charge in [-0.3, -0.25) is 0 Å². The number of benzene rings is 1. The van der Waals surface area contributed by atoms with Crippen molar-refractivity contribution in [3.63, 3.8) is 0 Å². The highest BCUT2D eigenvalue weighted by Crippen LogP contribution is 2.25. The van der Waals surface area contributed by atoms with Crippen LogP contribution in [0.25, 0.3) is 0 Å². The summed E-state index contributed by atoms with van der Waals surface area (Å²) in [6.45, 7) is 2.49. The third-order valence-electron chi connectivity index (χ3n) is 3.46. The molecule has 2 heteroatoms. The van der Waals surface area contributed by atoms with E-state index in [1.54, 1.807) is 11.1 Å². The quantitative estimate of drug-likeness (QED) is 0.558. The second-order valence-corrected chi connectivity index (χ2v) is 4.69. The summed E-state index contributed by atoms with van der Waals surface area (Å²) in [6.07, 6.45) is 5.29. The summed E-state index contributed by atoms with van der Waals surface area (Å²) in [4.78, 5) is 0. The van der Waals surface area contributed by atoms with Gasteiger partial charge in [0.2, 0.25) is 0 Å². The molecule has 1 aliphatic carbocycles. The topological polar surface area (TPSA) is 21.8 Å². The van der Waals surface area contributed by atoms with Crippen LogP contribution >= 0.6 is 0 Å². The monoisotopic (exact) mass is 218 g/mol. The van der Waals surface area contributed by atoms with Crippen LogP contribution in [0.2, 0.25) is 0 Å². The first kappa shape index (κ1) is 10.3. The van der Waals surface area contributed by atoms with Gasteiger partial charge in [0.05, 0.1) is 19.8 Å². The molecule has 1 saturated heterocycles. The predicted molar refractivity (Wildman–Crippen MR) is 62.7 cm³/mol. The Hall–Kier alpha value is -0.860. The van der Waals surface area contributed by atoms with E-state index >= 15 is 0 Å². The molecule has 0 amide bonds. The van der Waals surface area contributed by atoms with Gasteiger partial charge in [-0.05, 0) is 42.4 Å². The van der Waals surface area contributed by atoms with Crippen molar-refractivity contribution in [1.82, 2.24) is 0 Å². The Balaban J connectivity index is 1.55. The number of ether oxygens (including phenoxy) is 2. The van der Waals surface area contributed by atoms with Gasteiger partial charge in [-0.2, -0.15) is 0 Å². The van der Waals surface area contributed by atoms with Crippen LogP contribution in [-0.4, -0.2) is 25.9 Å². The van der Waals surface area contributed by atoms with E-state index in [1.165, 1.54) is 24.8 Å². The predicted octanol–water partition coefficient (Wildman–Crippen LogP) is 2.13. The number of epoxide rings is 1. The summed E-state index contributed by atoms with van der Waals surface area (Å²) < 4.78 is 10.7. The number of fused-ring (bicyclic) bond motifs is 1. The lowest BCUT2D eigenvalue weighted by molar-refractivity contribution is 0.119. The first-order valence-electron chi connectivity index (χ1n) is 6.22. The fraction of sp³-hybridized carbons (Fsp3) is 0.571. The van der Waals surface area contributed by atoms with E-state index in [-0.39, 0.29) is 0 Å². The lowest BCUT2D eigenvalue weighted by Gasteiger charge is -2.08. The molecule has 0 aromatic heterocycles.